The number of carbonyl (C=O) groups is 3. The monoisotopic (exact) mass is 485 g/mol. The summed E-state index contributed by atoms with van der Waals surface area (Å²) in [6.07, 6.45) is 4.47. The summed E-state index contributed by atoms with van der Waals surface area (Å²) >= 11 is 0. The van der Waals surface area contributed by atoms with Crippen molar-refractivity contribution in [2.24, 2.45) is 0 Å². The summed E-state index contributed by atoms with van der Waals surface area (Å²) < 4.78 is 12.2. The Labute approximate surface area is 208 Å². The SMILES string of the molecule is CCOC(=O)c1nn(-c2ccc(OC)cc2)c2c1C1(CC1)CN(c1ccc(C3(C=O)CC3)cc1)C2=O. The van der Waals surface area contributed by atoms with Crippen LogP contribution in [0.25, 0.3) is 5.69 Å². The Morgan fingerprint density at radius 2 is 1.69 bits per heavy atom. The molecule has 0 radical (unpaired) electrons. The highest BCUT2D eigenvalue weighted by molar-refractivity contribution is 6.10. The quantitative estimate of drug-likeness (QED) is 0.371. The molecule has 184 valence electrons. The number of aromatic nitrogens is 2. The lowest BCUT2D eigenvalue weighted by atomic mass is 9.88. The van der Waals surface area contributed by atoms with Crippen LogP contribution in [0.15, 0.2) is 48.5 Å². The molecule has 1 spiro atoms. The zero-order chi connectivity index (χ0) is 25.1. The van der Waals surface area contributed by atoms with E-state index in [1.165, 1.54) is 0 Å². The molecule has 36 heavy (non-hydrogen) atoms. The van der Waals surface area contributed by atoms with Crippen LogP contribution in [0.3, 0.4) is 0 Å². The molecule has 3 aromatic rings. The van der Waals surface area contributed by atoms with E-state index in [1.54, 1.807) is 35.7 Å². The molecule has 2 heterocycles. The van der Waals surface area contributed by atoms with E-state index in [9.17, 15) is 14.4 Å². The summed E-state index contributed by atoms with van der Waals surface area (Å²) in [7, 11) is 1.59. The highest BCUT2D eigenvalue weighted by Gasteiger charge is 2.56. The van der Waals surface area contributed by atoms with E-state index in [0.29, 0.717) is 29.2 Å². The number of esters is 1. The summed E-state index contributed by atoms with van der Waals surface area (Å²) in [6.45, 7) is 2.45. The molecule has 1 amide bonds. The van der Waals surface area contributed by atoms with Crippen molar-refractivity contribution in [3.63, 3.8) is 0 Å². The standard InChI is InChI=1S/C28H27N3O5/c1-3-36-26(34)23-22-24(31(29-23)20-8-10-21(35-2)11-9-20)25(33)30(16-27(22)12-13-27)19-6-4-18(5-7-19)28(17-32)14-15-28/h4-11,17H,3,12-16H2,1-2H3. The van der Waals surface area contributed by atoms with Crippen LogP contribution in [-0.2, 0) is 20.4 Å². The van der Waals surface area contributed by atoms with Gasteiger partial charge in [0.25, 0.3) is 5.91 Å². The minimum absolute atomic E-state index is 0.213. The van der Waals surface area contributed by atoms with Gasteiger partial charge in [0.05, 0.1) is 24.8 Å². The van der Waals surface area contributed by atoms with Gasteiger partial charge in [0, 0.05) is 23.2 Å². The fourth-order valence-corrected chi connectivity index (χ4v) is 5.30. The Hall–Kier alpha value is -3.94. The minimum atomic E-state index is -0.513. The molecule has 0 saturated heterocycles. The van der Waals surface area contributed by atoms with Crippen molar-refractivity contribution in [3.8, 4) is 11.4 Å². The molecular formula is C28H27N3O5. The third-order valence-electron chi connectivity index (χ3n) is 7.73. The van der Waals surface area contributed by atoms with E-state index in [0.717, 1.165) is 43.2 Å². The molecule has 8 nitrogen and oxygen atoms in total. The second kappa shape index (κ2) is 8.05. The Kier molecular flexibility index (Phi) is 5.03. The lowest BCUT2D eigenvalue weighted by Gasteiger charge is -2.33. The summed E-state index contributed by atoms with van der Waals surface area (Å²) in [5.74, 6) is -0.0481. The maximum atomic E-state index is 14.0. The number of benzene rings is 2. The number of amides is 1. The summed E-state index contributed by atoms with van der Waals surface area (Å²) in [5, 5.41) is 4.63. The van der Waals surface area contributed by atoms with E-state index in [-0.39, 0.29) is 29.0 Å². The molecule has 1 aromatic heterocycles. The van der Waals surface area contributed by atoms with E-state index in [2.05, 4.69) is 5.10 Å². The first-order chi connectivity index (χ1) is 17.4. The van der Waals surface area contributed by atoms with Crippen LogP contribution in [0.2, 0.25) is 0 Å². The zero-order valence-electron chi connectivity index (χ0n) is 20.3. The Morgan fingerprint density at radius 3 is 2.25 bits per heavy atom. The van der Waals surface area contributed by atoms with Crippen LogP contribution in [0.1, 0.15) is 64.7 Å². The van der Waals surface area contributed by atoms with Gasteiger partial charge in [-0.3, -0.25) is 4.79 Å². The molecule has 1 aliphatic heterocycles. The first-order valence-electron chi connectivity index (χ1n) is 12.3. The number of rotatable bonds is 7. The molecule has 0 atom stereocenters. The van der Waals surface area contributed by atoms with Crippen LogP contribution in [0.4, 0.5) is 5.69 Å². The summed E-state index contributed by atoms with van der Waals surface area (Å²) in [6, 6.07) is 15.0. The number of carbonyl (C=O) groups excluding carboxylic acids is 3. The predicted molar refractivity (Wildman–Crippen MR) is 132 cm³/mol. The van der Waals surface area contributed by atoms with Gasteiger partial charge in [-0.05, 0) is 74.6 Å². The van der Waals surface area contributed by atoms with Gasteiger partial charge in [-0.25, -0.2) is 9.48 Å². The van der Waals surface area contributed by atoms with Crippen LogP contribution in [0, 0.1) is 0 Å². The zero-order valence-corrected chi connectivity index (χ0v) is 20.3. The molecule has 8 heteroatoms. The van der Waals surface area contributed by atoms with Gasteiger partial charge in [-0.15, -0.1) is 0 Å². The van der Waals surface area contributed by atoms with Gasteiger partial charge in [-0.1, -0.05) is 12.1 Å². The predicted octanol–water partition coefficient (Wildman–Crippen LogP) is 3.98. The number of fused-ring (bicyclic) bond motifs is 2. The average molecular weight is 486 g/mol. The topological polar surface area (TPSA) is 90.7 Å². The van der Waals surface area contributed by atoms with Crippen molar-refractivity contribution in [2.45, 2.75) is 43.4 Å². The van der Waals surface area contributed by atoms with Crippen LogP contribution < -0.4 is 9.64 Å². The van der Waals surface area contributed by atoms with E-state index in [1.807, 2.05) is 36.4 Å². The number of ether oxygens (including phenoxy) is 2. The first kappa shape index (κ1) is 22.5. The highest BCUT2D eigenvalue weighted by atomic mass is 16.5. The molecule has 0 bridgehead atoms. The second-order valence-electron chi connectivity index (χ2n) is 9.90. The van der Waals surface area contributed by atoms with Gasteiger partial charge in [0.2, 0.25) is 0 Å². The van der Waals surface area contributed by atoms with Crippen molar-refractivity contribution < 1.29 is 23.9 Å². The maximum absolute atomic E-state index is 14.0. The molecule has 2 saturated carbocycles. The fraction of sp³-hybridized carbons (Fsp3) is 0.357. The molecular weight excluding hydrogens is 458 g/mol. The Balaban J connectivity index is 1.46. The maximum Gasteiger partial charge on any atom is 0.359 e. The molecule has 2 aliphatic carbocycles. The third-order valence-corrected chi connectivity index (χ3v) is 7.73. The number of hydrogen-bond donors (Lipinski definition) is 0. The van der Waals surface area contributed by atoms with Gasteiger partial charge in [0.1, 0.15) is 17.7 Å². The third kappa shape index (κ3) is 3.35. The molecule has 2 aromatic carbocycles. The second-order valence-corrected chi connectivity index (χ2v) is 9.90. The lowest BCUT2D eigenvalue weighted by molar-refractivity contribution is -0.109. The Morgan fingerprint density at radius 1 is 1.03 bits per heavy atom. The average Bonchev–Trinajstić information content (AvgIpc) is 3.83. The molecule has 3 aliphatic rings. The van der Waals surface area contributed by atoms with Gasteiger partial charge >= 0.3 is 5.97 Å². The van der Waals surface area contributed by atoms with Crippen LogP contribution in [0.5, 0.6) is 5.75 Å². The number of nitrogens with zero attached hydrogens (tertiary/aromatic N) is 3. The fourth-order valence-electron chi connectivity index (χ4n) is 5.30. The van der Waals surface area contributed by atoms with Crippen molar-refractivity contribution in [1.82, 2.24) is 9.78 Å². The van der Waals surface area contributed by atoms with Crippen molar-refractivity contribution in [2.75, 3.05) is 25.2 Å². The van der Waals surface area contributed by atoms with Crippen molar-refractivity contribution in [3.05, 3.63) is 71.0 Å². The van der Waals surface area contributed by atoms with Crippen molar-refractivity contribution >= 4 is 23.9 Å². The van der Waals surface area contributed by atoms with E-state index < -0.39 is 5.97 Å². The van der Waals surface area contributed by atoms with Gasteiger partial charge in [0.15, 0.2) is 5.69 Å². The highest BCUT2D eigenvalue weighted by Crippen LogP contribution is 2.55. The molecule has 0 N–H and O–H groups in total. The normalized spacial score (nSPS) is 18.5. The van der Waals surface area contributed by atoms with Crippen LogP contribution in [-0.4, -0.2) is 48.2 Å². The Bertz CT molecular complexity index is 1370. The molecule has 6 rings (SSSR count). The number of anilines is 1. The van der Waals surface area contributed by atoms with Gasteiger partial charge in [-0.2, -0.15) is 5.10 Å². The number of methoxy groups -OCH3 is 1. The minimum Gasteiger partial charge on any atom is -0.497 e. The van der Waals surface area contributed by atoms with Crippen molar-refractivity contribution in [1.29, 1.82) is 0 Å². The summed E-state index contributed by atoms with van der Waals surface area (Å²) in [5.41, 5.74) is 3.00. The van der Waals surface area contributed by atoms with E-state index in [4.69, 9.17) is 9.47 Å². The number of hydrogen-bond acceptors (Lipinski definition) is 6. The molecule has 0 unspecified atom stereocenters. The molecule has 2 fully saturated rings. The lowest BCUT2D eigenvalue weighted by Crippen LogP contribution is -2.44. The number of aldehydes is 1. The van der Waals surface area contributed by atoms with E-state index >= 15 is 0 Å². The van der Waals surface area contributed by atoms with Crippen LogP contribution >= 0.6 is 0 Å². The first-order valence-corrected chi connectivity index (χ1v) is 12.3. The van der Waals surface area contributed by atoms with Gasteiger partial charge < -0.3 is 19.2 Å². The smallest absolute Gasteiger partial charge is 0.359 e. The summed E-state index contributed by atoms with van der Waals surface area (Å²) in [4.78, 5) is 40.3. The largest absolute Gasteiger partial charge is 0.497 e.